The van der Waals surface area contributed by atoms with Gasteiger partial charge in [0.15, 0.2) is 5.65 Å². The predicted molar refractivity (Wildman–Crippen MR) is 71.2 cm³/mol. The molecule has 112 valence electrons. The molecule has 0 amide bonds. The molecule has 0 saturated heterocycles. The summed E-state index contributed by atoms with van der Waals surface area (Å²) >= 11 is 6.11. The zero-order valence-electron chi connectivity index (χ0n) is 11.1. The van der Waals surface area contributed by atoms with Crippen LogP contribution in [-0.4, -0.2) is 14.6 Å². The molecule has 0 atom stereocenters. The third-order valence-electron chi connectivity index (χ3n) is 4.35. The first-order valence-corrected chi connectivity index (χ1v) is 7.44. The molecule has 0 radical (unpaired) electrons. The molecule has 3 nitrogen and oxygen atoms in total. The third-order valence-corrected chi connectivity index (χ3v) is 4.62. The van der Waals surface area contributed by atoms with Crippen LogP contribution in [0.25, 0.3) is 5.65 Å². The van der Waals surface area contributed by atoms with Crippen LogP contribution >= 0.6 is 11.6 Å². The van der Waals surface area contributed by atoms with E-state index >= 15 is 0 Å². The molecule has 0 aliphatic heterocycles. The second kappa shape index (κ2) is 4.35. The van der Waals surface area contributed by atoms with Crippen LogP contribution in [0.2, 0.25) is 5.15 Å². The van der Waals surface area contributed by atoms with Gasteiger partial charge in [0.1, 0.15) is 10.7 Å². The Morgan fingerprint density at radius 2 is 1.81 bits per heavy atom. The van der Waals surface area contributed by atoms with Crippen molar-refractivity contribution in [2.24, 2.45) is 11.8 Å². The van der Waals surface area contributed by atoms with Gasteiger partial charge in [0.2, 0.25) is 0 Å². The normalized spacial score (nSPS) is 19.7. The fourth-order valence-corrected chi connectivity index (χ4v) is 3.33. The van der Waals surface area contributed by atoms with Crippen molar-refractivity contribution in [3.63, 3.8) is 0 Å². The first kappa shape index (κ1) is 13.4. The van der Waals surface area contributed by atoms with Crippen molar-refractivity contribution in [1.29, 1.82) is 0 Å². The smallest absolute Gasteiger partial charge is 0.233 e. The van der Waals surface area contributed by atoms with Crippen molar-refractivity contribution >= 4 is 17.2 Å². The van der Waals surface area contributed by atoms with Gasteiger partial charge in [0.05, 0.1) is 6.20 Å². The van der Waals surface area contributed by atoms with Crippen molar-refractivity contribution in [2.45, 2.75) is 37.8 Å². The molecule has 7 heteroatoms. The highest BCUT2D eigenvalue weighted by Crippen LogP contribution is 2.54. The summed E-state index contributed by atoms with van der Waals surface area (Å²) in [5.74, 6) is 1.37. The predicted octanol–water partition coefficient (Wildman–Crippen LogP) is 4.31. The number of alkyl halides is 3. The summed E-state index contributed by atoms with van der Waals surface area (Å²) in [6.45, 7) is 0. The summed E-state index contributed by atoms with van der Waals surface area (Å²) in [4.78, 5) is 4.28. The summed E-state index contributed by atoms with van der Waals surface area (Å²) in [5.41, 5.74) is -0.309. The second-order valence-electron chi connectivity index (χ2n) is 6.00. The van der Waals surface area contributed by atoms with Crippen LogP contribution in [0.5, 0.6) is 0 Å². The molecule has 2 fully saturated rings. The van der Waals surface area contributed by atoms with Gasteiger partial charge >= 0.3 is 6.18 Å². The topological polar surface area (TPSA) is 30.2 Å². The molecular formula is C14H13ClF3N3. The number of hydrogen-bond acceptors (Lipinski definition) is 2. The minimum Gasteiger partial charge on any atom is -0.233 e. The molecule has 0 bridgehead atoms. The van der Waals surface area contributed by atoms with Crippen molar-refractivity contribution in [1.82, 2.24) is 14.6 Å². The number of nitrogens with zero attached hydrogens (tertiary/aromatic N) is 3. The number of fused-ring (bicyclic) bond motifs is 1. The SMILES string of the molecule is FC(F)(F)c1cnn2c(Cl)cc(C(C3CC3)C3CC3)nc12. The van der Waals surface area contributed by atoms with Gasteiger partial charge in [-0.15, -0.1) is 0 Å². The Hall–Kier alpha value is -1.30. The molecule has 2 aliphatic carbocycles. The molecule has 2 aromatic rings. The highest BCUT2D eigenvalue weighted by molar-refractivity contribution is 6.29. The Bertz CT molecular complexity index is 689. The molecule has 21 heavy (non-hydrogen) atoms. The number of hydrogen-bond donors (Lipinski definition) is 0. The Kier molecular flexibility index (Phi) is 2.77. The fraction of sp³-hybridized carbons (Fsp3) is 0.571. The van der Waals surface area contributed by atoms with Gasteiger partial charge in [0.25, 0.3) is 0 Å². The van der Waals surface area contributed by atoms with Crippen LogP contribution in [-0.2, 0) is 6.18 Å². The van der Waals surface area contributed by atoms with Gasteiger partial charge in [-0.2, -0.15) is 18.3 Å². The first-order chi connectivity index (χ1) is 9.95. The van der Waals surface area contributed by atoms with E-state index in [4.69, 9.17) is 11.6 Å². The number of aromatic nitrogens is 3. The van der Waals surface area contributed by atoms with Crippen LogP contribution in [0.4, 0.5) is 13.2 Å². The van der Waals surface area contributed by atoms with Gasteiger partial charge in [-0.3, -0.25) is 0 Å². The summed E-state index contributed by atoms with van der Waals surface area (Å²) in [6.07, 6.45) is 0.870. The van der Waals surface area contributed by atoms with Gasteiger partial charge in [-0.05, 0) is 43.6 Å². The van der Waals surface area contributed by atoms with E-state index in [0.717, 1.165) is 36.4 Å². The Morgan fingerprint density at radius 3 is 2.33 bits per heavy atom. The molecule has 2 aromatic heterocycles. The first-order valence-electron chi connectivity index (χ1n) is 7.06. The van der Waals surface area contributed by atoms with E-state index in [1.807, 2.05) is 0 Å². The highest BCUT2D eigenvalue weighted by atomic mass is 35.5. The van der Waals surface area contributed by atoms with E-state index in [1.165, 1.54) is 0 Å². The minimum atomic E-state index is -4.47. The quantitative estimate of drug-likeness (QED) is 0.790. The van der Waals surface area contributed by atoms with Gasteiger partial charge in [0, 0.05) is 11.6 Å². The monoisotopic (exact) mass is 315 g/mol. The maximum atomic E-state index is 13.0. The molecule has 4 rings (SSSR count). The highest BCUT2D eigenvalue weighted by Gasteiger charge is 2.44. The van der Waals surface area contributed by atoms with Crippen LogP contribution in [0.15, 0.2) is 12.3 Å². The number of rotatable bonds is 3. The van der Waals surface area contributed by atoms with Gasteiger partial charge in [-0.25, -0.2) is 9.50 Å². The van der Waals surface area contributed by atoms with Crippen molar-refractivity contribution in [3.8, 4) is 0 Å². The number of halogens is 4. The zero-order chi connectivity index (χ0) is 14.8. The molecule has 2 heterocycles. The maximum absolute atomic E-state index is 13.0. The Labute approximate surface area is 124 Å². The van der Waals surface area contributed by atoms with Crippen molar-refractivity contribution < 1.29 is 13.2 Å². The van der Waals surface area contributed by atoms with Crippen LogP contribution in [0.1, 0.15) is 42.9 Å². The van der Waals surface area contributed by atoms with E-state index in [9.17, 15) is 13.2 Å². The van der Waals surface area contributed by atoms with Crippen molar-refractivity contribution in [2.75, 3.05) is 0 Å². The average Bonchev–Trinajstić information content (AvgIpc) is 3.29. The average molecular weight is 316 g/mol. The van der Waals surface area contributed by atoms with Crippen LogP contribution < -0.4 is 0 Å². The molecule has 0 unspecified atom stereocenters. The van der Waals surface area contributed by atoms with E-state index in [-0.39, 0.29) is 16.7 Å². The lowest BCUT2D eigenvalue weighted by Crippen LogP contribution is -2.10. The largest absolute Gasteiger partial charge is 0.421 e. The maximum Gasteiger partial charge on any atom is 0.421 e. The summed E-state index contributed by atoms with van der Waals surface area (Å²) < 4.78 is 40.1. The summed E-state index contributed by atoms with van der Waals surface area (Å²) in [5, 5.41) is 3.90. The van der Waals surface area contributed by atoms with E-state index in [0.29, 0.717) is 17.5 Å². The van der Waals surface area contributed by atoms with E-state index in [2.05, 4.69) is 10.1 Å². The Morgan fingerprint density at radius 1 is 1.19 bits per heavy atom. The lowest BCUT2D eigenvalue weighted by Gasteiger charge is -2.16. The molecule has 0 spiro atoms. The standard InChI is InChI=1S/C14H13ClF3N3/c15-11-5-10(12(7-1-2-7)8-3-4-8)20-13-9(14(16,17)18)6-19-21(11)13/h5-8,12H,1-4H2. The minimum absolute atomic E-state index is 0.184. The van der Waals surface area contributed by atoms with Crippen molar-refractivity contribution in [3.05, 3.63) is 28.7 Å². The second-order valence-corrected chi connectivity index (χ2v) is 6.38. The molecule has 2 saturated carbocycles. The molecular weight excluding hydrogens is 303 g/mol. The zero-order valence-corrected chi connectivity index (χ0v) is 11.8. The molecule has 0 aromatic carbocycles. The lowest BCUT2D eigenvalue weighted by atomic mass is 9.94. The third kappa shape index (κ3) is 2.29. The van der Waals surface area contributed by atoms with Gasteiger partial charge < -0.3 is 0 Å². The Balaban J connectivity index is 1.86. The summed E-state index contributed by atoms with van der Waals surface area (Å²) in [6, 6.07) is 1.68. The van der Waals surface area contributed by atoms with E-state index in [1.54, 1.807) is 6.07 Å². The van der Waals surface area contributed by atoms with E-state index < -0.39 is 11.7 Å². The van der Waals surface area contributed by atoms with Crippen LogP contribution in [0, 0.1) is 11.8 Å². The summed E-state index contributed by atoms with van der Waals surface area (Å²) in [7, 11) is 0. The molecule has 0 N–H and O–H groups in total. The molecule has 2 aliphatic rings. The lowest BCUT2D eigenvalue weighted by molar-refractivity contribution is -0.136. The van der Waals surface area contributed by atoms with Gasteiger partial charge in [-0.1, -0.05) is 11.6 Å². The fourth-order valence-electron chi connectivity index (χ4n) is 3.09. The van der Waals surface area contributed by atoms with Crippen LogP contribution in [0.3, 0.4) is 0 Å².